The minimum absolute atomic E-state index is 0.548. The van der Waals surface area contributed by atoms with Gasteiger partial charge in [0.25, 0.3) is 0 Å². The second-order valence-corrected chi connectivity index (χ2v) is 4.19. The largest absolute Gasteiger partial charge is 0.492 e. The Morgan fingerprint density at radius 3 is 2.88 bits per heavy atom. The van der Waals surface area contributed by atoms with E-state index in [0.717, 1.165) is 25.3 Å². The van der Waals surface area contributed by atoms with Gasteiger partial charge in [-0.15, -0.1) is 6.58 Å². The molecule has 0 amide bonds. The van der Waals surface area contributed by atoms with E-state index in [1.54, 1.807) is 0 Å². The first-order valence-electron chi connectivity index (χ1n) is 6.33. The highest BCUT2D eigenvalue weighted by Gasteiger charge is 2.08. The molecule has 0 aliphatic carbocycles. The molecule has 0 saturated carbocycles. The van der Waals surface area contributed by atoms with Crippen molar-refractivity contribution in [3.05, 3.63) is 42.5 Å². The quantitative estimate of drug-likeness (QED) is 0.549. The molecule has 94 valence electrons. The fourth-order valence-corrected chi connectivity index (χ4v) is 1.68. The maximum Gasteiger partial charge on any atom is 0.122 e. The third-order valence-electron chi connectivity index (χ3n) is 2.89. The van der Waals surface area contributed by atoms with Crippen LogP contribution < -0.4 is 10.1 Å². The Hall–Kier alpha value is -1.28. The van der Waals surface area contributed by atoms with E-state index >= 15 is 0 Å². The fourth-order valence-electron chi connectivity index (χ4n) is 1.68. The summed E-state index contributed by atoms with van der Waals surface area (Å²) in [6, 6.07) is 8.30. The molecule has 0 radical (unpaired) electrons. The van der Waals surface area contributed by atoms with Gasteiger partial charge in [-0.05, 0) is 24.0 Å². The molecule has 17 heavy (non-hydrogen) atoms. The first-order chi connectivity index (χ1) is 8.29. The molecule has 0 aromatic heterocycles. The van der Waals surface area contributed by atoms with Crippen LogP contribution in [0.5, 0.6) is 5.75 Å². The molecule has 1 rings (SSSR count). The van der Waals surface area contributed by atoms with Crippen LogP contribution in [-0.4, -0.2) is 19.7 Å². The van der Waals surface area contributed by atoms with Crippen molar-refractivity contribution in [1.29, 1.82) is 0 Å². The van der Waals surface area contributed by atoms with Crippen molar-refractivity contribution in [3.8, 4) is 5.75 Å². The summed E-state index contributed by atoms with van der Waals surface area (Å²) < 4.78 is 5.81. The maximum atomic E-state index is 5.81. The lowest BCUT2D eigenvalue weighted by Crippen LogP contribution is -2.21. The van der Waals surface area contributed by atoms with E-state index in [0.29, 0.717) is 12.5 Å². The Balaban J connectivity index is 2.49. The van der Waals surface area contributed by atoms with Gasteiger partial charge in [0.15, 0.2) is 0 Å². The molecular weight excluding hydrogens is 210 g/mol. The Morgan fingerprint density at radius 1 is 1.41 bits per heavy atom. The predicted octanol–water partition coefficient (Wildman–Crippen LogP) is 3.35. The van der Waals surface area contributed by atoms with Crippen molar-refractivity contribution in [2.75, 3.05) is 19.7 Å². The molecule has 0 spiro atoms. The lowest BCUT2D eigenvalue weighted by atomic mass is 9.98. The number of hydrogen-bond donors (Lipinski definition) is 1. The number of hydrogen-bond acceptors (Lipinski definition) is 2. The number of ether oxygens (including phenoxy) is 1. The number of para-hydroxylation sites is 1. The first kappa shape index (κ1) is 13.8. The molecule has 0 fully saturated rings. The van der Waals surface area contributed by atoms with Crippen LogP contribution in [0, 0.1) is 0 Å². The van der Waals surface area contributed by atoms with Crippen molar-refractivity contribution in [2.24, 2.45) is 0 Å². The summed E-state index contributed by atoms with van der Waals surface area (Å²) in [5.74, 6) is 1.56. The van der Waals surface area contributed by atoms with E-state index in [2.05, 4.69) is 43.9 Å². The second kappa shape index (κ2) is 7.91. The Labute approximate surface area is 105 Å². The van der Waals surface area contributed by atoms with Crippen LogP contribution in [0.15, 0.2) is 36.9 Å². The highest BCUT2D eigenvalue weighted by Crippen LogP contribution is 2.28. The normalized spacial score (nSPS) is 12.1. The van der Waals surface area contributed by atoms with Crippen LogP contribution in [0.2, 0.25) is 0 Å². The van der Waals surface area contributed by atoms with E-state index in [-0.39, 0.29) is 0 Å². The van der Waals surface area contributed by atoms with Crippen molar-refractivity contribution in [3.63, 3.8) is 0 Å². The summed E-state index contributed by atoms with van der Waals surface area (Å²) >= 11 is 0. The topological polar surface area (TPSA) is 21.3 Å². The second-order valence-electron chi connectivity index (χ2n) is 4.19. The Kier molecular flexibility index (Phi) is 6.41. The number of rotatable bonds is 8. The summed E-state index contributed by atoms with van der Waals surface area (Å²) in [6.07, 6.45) is 2.99. The minimum Gasteiger partial charge on any atom is -0.492 e. The summed E-state index contributed by atoms with van der Waals surface area (Å²) in [5, 5.41) is 3.22. The molecule has 0 heterocycles. The van der Waals surface area contributed by atoms with E-state index in [1.165, 1.54) is 5.56 Å². The Bertz CT molecular complexity index is 335. The van der Waals surface area contributed by atoms with Gasteiger partial charge in [-0.2, -0.15) is 0 Å². The maximum absolute atomic E-state index is 5.81. The molecule has 0 bridgehead atoms. The zero-order valence-corrected chi connectivity index (χ0v) is 10.9. The van der Waals surface area contributed by atoms with Gasteiger partial charge in [-0.3, -0.25) is 0 Å². The van der Waals surface area contributed by atoms with E-state index in [4.69, 9.17) is 4.74 Å². The number of benzene rings is 1. The lowest BCUT2D eigenvalue weighted by molar-refractivity contribution is 0.311. The average Bonchev–Trinajstić information content (AvgIpc) is 2.38. The highest BCUT2D eigenvalue weighted by atomic mass is 16.5. The first-order valence-corrected chi connectivity index (χ1v) is 6.33. The Morgan fingerprint density at radius 2 is 2.18 bits per heavy atom. The fraction of sp³-hybridized carbons (Fsp3) is 0.467. The van der Waals surface area contributed by atoms with Gasteiger partial charge in [-0.25, -0.2) is 0 Å². The summed E-state index contributed by atoms with van der Waals surface area (Å²) in [4.78, 5) is 0. The third-order valence-corrected chi connectivity index (χ3v) is 2.89. The molecule has 0 saturated heterocycles. The molecule has 1 aromatic carbocycles. The van der Waals surface area contributed by atoms with Gasteiger partial charge < -0.3 is 10.1 Å². The van der Waals surface area contributed by atoms with E-state index < -0.39 is 0 Å². The molecule has 1 atom stereocenters. The van der Waals surface area contributed by atoms with Crippen molar-refractivity contribution in [1.82, 2.24) is 5.32 Å². The summed E-state index contributed by atoms with van der Waals surface area (Å²) in [7, 11) is 0. The van der Waals surface area contributed by atoms with Crippen LogP contribution in [-0.2, 0) is 0 Å². The van der Waals surface area contributed by atoms with Crippen molar-refractivity contribution in [2.45, 2.75) is 26.2 Å². The highest BCUT2D eigenvalue weighted by molar-refractivity contribution is 5.35. The van der Waals surface area contributed by atoms with E-state index in [9.17, 15) is 0 Å². The predicted molar refractivity (Wildman–Crippen MR) is 73.7 cm³/mol. The van der Waals surface area contributed by atoms with Crippen LogP contribution in [0.4, 0.5) is 0 Å². The molecular formula is C15H23NO. The van der Waals surface area contributed by atoms with Gasteiger partial charge in [-0.1, -0.05) is 38.1 Å². The third kappa shape index (κ3) is 4.61. The van der Waals surface area contributed by atoms with Crippen molar-refractivity contribution >= 4 is 0 Å². The van der Waals surface area contributed by atoms with E-state index in [1.807, 2.05) is 12.1 Å². The minimum atomic E-state index is 0.548. The molecule has 2 nitrogen and oxygen atoms in total. The average molecular weight is 233 g/mol. The van der Waals surface area contributed by atoms with Crippen molar-refractivity contribution < 1.29 is 4.74 Å². The lowest BCUT2D eigenvalue weighted by Gasteiger charge is -2.15. The molecule has 0 aliphatic rings. The standard InChI is InChI=1S/C15H23NO/c1-4-10-16-11-12-17-15-9-7-6-8-14(15)13(3)5-2/h4,6-9,13,16H,1,5,10-12H2,2-3H3. The van der Waals surface area contributed by atoms with Gasteiger partial charge in [0.05, 0.1) is 0 Å². The smallest absolute Gasteiger partial charge is 0.122 e. The summed E-state index contributed by atoms with van der Waals surface area (Å²) in [5.41, 5.74) is 1.30. The van der Waals surface area contributed by atoms with Crippen LogP contribution in [0.3, 0.4) is 0 Å². The monoisotopic (exact) mass is 233 g/mol. The zero-order chi connectivity index (χ0) is 12.5. The molecule has 1 aromatic rings. The zero-order valence-electron chi connectivity index (χ0n) is 10.9. The van der Waals surface area contributed by atoms with Crippen LogP contribution >= 0.6 is 0 Å². The number of nitrogens with one attached hydrogen (secondary N) is 1. The van der Waals surface area contributed by atoms with Gasteiger partial charge in [0, 0.05) is 13.1 Å². The molecule has 0 aliphatic heterocycles. The molecule has 1 unspecified atom stereocenters. The SMILES string of the molecule is C=CCNCCOc1ccccc1C(C)CC. The van der Waals surface area contributed by atoms with Gasteiger partial charge in [0.2, 0.25) is 0 Å². The van der Waals surface area contributed by atoms with Gasteiger partial charge in [0.1, 0.15) is 12.4 Å². The van der Waals surface area contributed by atoms with Crippen LogP contribution in [0.25, 0.3) is 0 Å². The molecule has 2 heteroatoms. The summed E-state index contributed by atoms with van der Waals surface area (Å²) in [6.45, 7) is 10.5. The molecule has 1 N–H and O–H groups in total. The van der Waals surface area contributed by atoms with Gasteiger partial charge >= 0.3 is 0 Å². The van der Waals surface area contributed by atoms with Crippen LogP contribution in [0.1, 0.15) is 31.7 Å².